The molecule has 0 aliphatic carbocycles. The van der Waals surface area contributed by atoms with Crippen molar-refractivity contribution in [1.29, 1.82) is 0 Å². The number of nitrogens with zero attached hydrogens (tertiary/aromatic N) is 3. The molecule has 0 unspecified atom stereocenters. The lowest BCUT2D eigenvalue weighted by Crippen LogP contribution is -2.36. The molecule has 1 aromatic heterocycles. The number of hydrogen-bond acceptors (Lipinski definition) is 6. The van der Waals surface area contributed by atoms with Crippen molar-refractivity contribution in [3.05, 3.63) is 6.33 Å². The lowest BCUT2D eigenvalue weighted by molar-refractivity contribution is -0.119. The van der Waals surface area contributed by atoms with Gasteiger partial charge in [0.25, 0.3) is 0 Å². The maximum absolute atomic E-state index is 11.7. The van der Waals surface area contributed by atoms with Gasteiger partial charge in [-0.15, -0.1) is 10.2 Å². The molecule has 0 radical (unpaired) electrons. The highest BCUT2D eigenvalue weighted by Crippen LogP contribution is 2.15. The van der Waals surface area contributed by atoms with Gasteiger partial charge in [-0.2, -0.15) is 0 Å². The van der Waals surface area contributed by atoms with Crippen molar-refractivity contribution in [3.63, 3.8) is 0 Å². The average Bonchev–Trinajstić information content (AvgIpc) is 2.92. The molecule has 0 spiro atoms. The predicted molar refractivity (Wildman–Crippen MR) is 71.6 cm³/mol. The number of sulfone groups is 1. The molecule has 1 fully saturated rings. The fraction of sp³-hybridized carbons (Fsp3) is 0.700. The molecule has 1 aliphatic heterocycles. The number of carbonyl (C=O) groups excluding carboxylic acids is 1. The van der Waals surface area contributed by atoms with E-state index in [-0.39, 0.29) is 29.2 Å². The van der Waals surface area contributed by atoms with Crippen LogP contribution in [0.5, 0.6) is 0 Å². The predicted octanol–water partition coefficient (Wildman–Crippen LogP) is -0.307. The molecule has 1 aromatic rings. The quantitative estimate of drug-likeness (QED) is 0.750. The highest BCUT2D eigenvalue weighted by atomic mass is 32.2. The lowest BCUT2D eigenvalue weighted by Gasteiger charge is -2.10. The molecule has 9 heteroatoms. The van der Waals surface area contributed by atoms with Crippen LogP contribution in [0.2, 0.25) is 0 Å². The first-order valence-corrected chi connectivity index (χ1v) is 8.81. The fourth-order valence-corrected chi connectivity index (χ4v) is 4.35. The minimum atomic E-state index is -2.96. The van der Waals surface area contributed by atoms with Gasteiger partial charge in [0.1, 0.15) is 6.33 Å². The van der Waals surface area contributed by atoms with Gasteiger partial charge in [-0.1, -0.05) is 11.8 Å². The third-order valence-electron chi connectivity index (χ3n) is 2.85. The van der Waals surface area contributed by atoms with Gasteiger partial charge in [-0.05, 0) is 13.3 Å². The Bertz CT molecular complexity index is 555. The summed E-state index contributed by atoms with van der Waals surface area (Å²) in [5.41, 5.74) is 0. The first kappa shape index (κ1) is 14.3. The molecule has 1 aliphatic rings. The molecule has 1 N–H and O–H groups in total. The zero-order valence-corrected chi connectivity index (χ0v) is 12.2. The summed E-state index contributed by atoms with van der Waals surface area (Å²) in [7, 11) is -2.96. The standard InChI is InChI=1S/C10H16N4O3S2/c1-2-14-7-11-13-10(14)18-5-9(15)12-8-3-4-19(16,17)6-8/h7-8H,2-6H2,1H3,(H,12,15)/t8-/m1/s1. The lowest BCUT2D eigenvalue weighted by atomic mass is 10.3. The van der Waals surface area contributed by atoms with Gasteiger partial charge in [0.2, 0.25) is 5.91 Å². The van der Waals surface area contributed by atoms with E-state index in [1.807, 2.05) is 11.5 Å². The third kappa shape index (κ3) is 3.93. The van der Waals surface area contributed by atoms with Gasteiger partial charge in [0, 0.05) is 12.6 Å². The van der Waals surface area contributed by atoms with Gasteiger partial charge in [0.05, 0.1) is 17.3 Å². The first-order chi connectivity index (χ1) is 9.00. The number of aryl methyl sites for hydroxylation is 1. The van der Waals surface area contributed by atoms with Crippen LogP contribution in [0.3, 0.4) is 0 Å². The molecule has 106 valence electrons. The zero-order chi connectivity index (χ0) is 13.9. The number of nitrogens with one attached hydrogen (secondary N) is 1. The van der Waals surface area contributed by atoms with Gasteiger partial charge < -0.3 is 9.88 Å². The summed E-state index contributed by atoms with van der Waals surface area (Å²) < 4.78 is 24.4. The maximum Gasteiger partial charge on any atom is 0.230 e. The summed E-state index contributed by atoms with van der Waals surface area (Å²) in [6.07, 6.45) is 2.12. The summed E-state index contributed by atoms with van der Waals surface area (Å²) in [5, 5.41) is 11.1. The highest BCUT2D eigenvalue weighted by molar-refractivity contribution is 7.99. The molecule has 0 bridgehead atoms. The van der Waals surface area contributed by atoms with E-state index < -0.39 is 9.84 Å². The Labute approximate surface area is 116 Å². The largest absolute Gasteiger partial charge is 0.352 e. The van der Waals surface area contributed by atoms with E-state index in [9.17, 15) is 13.2 Å². The monoisotopic (exact) mass is 304 g/mol. The number of thioether (sulfide) groups is 1. The van der Waals surface area contributed by atoms with Crippen LogP contribution in [0.15, 0.2) is 11.5 Å². The Hall–Kier alpha value is -1.09. The summed E-state index contributed by atoms with van der Waals surface area (Å²) in [4.78, 5) is 11.7. The molecule has 7 nitrogen and oxygen atoms in total. The van der Waals surface area contributed by atoms with Crippen molar-refractivity contribution < 1.29 is 13.2 Å². The molecule has 1 atom stereocenters. The van der Waals surface area contributed by atoms with E-state index in [1.54, 1.807) is 6.33 Å². The Kier molecular flexibility index (Phi) is 4.46. The van der Waals surface area contributed by atoms with Crippen molar-refractivity contribution in [2.75, 3.05) is 17.3 Å². The number of rotatable bonds is 5. The van der Waals surface area contributed by atoms with E-state index in [0.29, 0.717) is 11.6 Å². The van der Waals surface area contributed by atoms with Gasteiger partial charge in [0.15, 0.2) is 15.0 Å². The zero-order valence-electron chi connectivity index (χ0n) is 10.6. The normalized spacial score (nSPS) is 21.4. The second-order valence-electron chi connectivity index (χ2n) is 4.36. The van der Waals surface area contributed by atoms with Crippen LogP contribution in [-0.4, -0.2) is 52.4 Å². The molecular weight excluding hydrogens is 288 g/mol. The fourth-order valence-electron chi connectivity index (χ4n) is 1.88. The molecule has 1 saturated heterocycles. The Morgan fingerprint density at radius 1 is 1.63 bits per heavy atom. The van der Waals surface area contributed by atoms with Crippen molar-refractivity contribution in [2.45, 2.75) is 31.1 Å². The molecule has 0 saturated carbocycles. The second kappa shape index (κ2) is 5.91. The van der Waals surface area contributed by atoms with Gasteiger partial charge in [-0.3, -0.25) is 4.79 Å². The van der Waals surface area contributed by atoms with Crippen LogP contribution >= 0.6 is 11.8 Å². The van der Waals surface area contributed by atoms with E-state index in [2.05, 4.69) is 15.5 Å². The topological polar surface area (TPSA) is 93.9 Å². The summed E-state index contributed by atoms with van der Waals surface area (Å²) >= 11 is 1.30. The third-order valence-corrected chi connectivity index (χ3v) is 5.60. The van der Waals surface area contributed by atoms with E-state index in [1.165, 1.54) is 11.8 Å². The molecular formula is C10H16N4O3S2. The molecule has 0 aromatic carbocycles. The average molecular weight is 304 g/mol. The highest BCUT2D eigenvalue weighted by Gasteiger charge is 2.28. The maximum atomic E-state index is 11.7. The minimum Gasteiger partial charge on any atom is -0.352 e. The summed E-state index contributed by atoms with van der Waals surface area (Å²) in [6.45, 7) is 2.72. The van der Waals surface area contributed by atoms with Crippen LogP contribution in [0.1, 0.15) is 13.3 Å². The van der Waals surface area contributed by atoms with Crippen LogP contribution < -0.4 is 5.32 Å². The van der Waals surface area contributed by atoms with Crippen molar-refractivity contribution >= 4 is 27.5 Å². The molecule has 1 amide bonds. The van der Waals surface area contributed by atoms with E-state index in [4.69, 9.17) is 0 Å². The number of amides is 1. The Morgan fingerprint density at radius 3 is 3.05 bits per heavy atom. The van der Waals surface area contributed by atoms with Crippen LogP contribution in [0.25, 0.3) is 0 Å². The van der Waals surface area contributed by atoms with E-state index in [0.717, 1.165) is 6.54 Å². The van der Waals surface area contributed by atoms with Crippen LogP contribution in [0, 0.1) is 0 Å². The number of carbonyl (C=O) groups is 1. The summed E-state index contributed by atoms with van der Waals surface area (Å²) in [5.74, 6) is 0.261. The van der Waals surface area contributed by atoms with E-state index >= 15 is 0 Å². The summed E-state index contributed by atoms with van der Waals surface area (Å²) in [6, 6.07) is -0.248. The second-order valence-corrected chi connectivity index (χ2v) is 7.53. The molecule has 2 heterocycles. The SMILES string of the molecule is CCn1cnnc1SCC(=O)N[C@@H]1CCS(=O)(=O)C1. The van der Waals surface area contributed by atoms with Crippen molar-refractivity contribution in [3.8, 4) is 0 Å². The number of hydrogen-bond donors (Lipinski definition) is 1. The first-order valence-electron chi connectivity index (χ1n) is 6.00. The van der Waals surface area contributed by atoms with Crippen LogP contribution in [-0.2, 0) is 21.2 Å². The molecule has 2 rings (SSSR count). The van der Waals surface area contributed by atoms with Crippen molar-refractivity contribution in [1.82, 2.24) is 20.1 Å². The molecule has 19 heavy (non-hydrogen) atoms. The van der Waals surface area contributed by atoms with Gasteiger partial charge in [-0.25, -0.2) is 8.42 Å². The Morgan fingerprint density at radius 2 is 2.42 bits per heavy atom. The Balaban J connectivity index is 1.79. The number of aromatic nitrogens is 3. The van der Waals surface area contributed by atoms with Crippen molar-refractivity contribution in [2.24, 2.45) is 0 Å². The minimum absolute atomic E-state index is 0.0501. The smallest absolute Gasteiger partial charge is 0.230 e. The van der Waals surface area contributed by atoms with Crippen LogP contribution in [0.4, 0.5) is 0 Å². The van der Waals surface area contributed by atoms with Gasteiger partial charge >= 0.3 is 0 Å².